The summed E-state index contributed by atoms with van der Waals surface area (Å²) in [6.07, 6.45) is -0.584. The highest BCUT2D eigenvalue weighted by Crippen LogP contribution is 2.12. The van der Waals surface area contributed by atoms with Gasteiger partial charge in [-0.3, -0.25) is 15.0 Å². The SMILES string of the molecule is CNC(=O)CN(C)Cc1ccc(NC(=O)OCc2ccc(F)cc2)cc1. The van der Waals surface area contributed by atoms with Gasteiger partial charge in [-0.15, -0.1) is 0 Å². The number of carbonyl (C=O) groups excluding carboxylic acids is 2. The van der Waals surface area contributed by atoms with E-state index in [0.717, 1.165) is 5.56 Å². The number of benzene rings is 2. The van der Waals surface area contributed by atoms with Gasteiger partial charge in [0.2, 0.25) is 5.91 Å². The monoisotopic (exact) mass is 359 g/mol. The first-order valence-electron chi connectivity index (χ1n) is 8.12. The summed E-state index contributed by atoms with van der Waals surface area (Å²) in [6, 6.07) is 13.0. The molecule has 7 heteroatoms. The molecule has 0 fully saturated rings. The van der Waals surface area contributed by atoms with Crippen LogP contribution in [-0.2, 0) is 22.7 Å². The maximum Gasteiger partial charge on any atom is 0.411 e. The van der Waals surface area contributed by atoms with Crippen molar-refractivity contribution in [3.05, 3.63) is 65.5 Å². The highest BCUT2D eigenvalue weighted by Gasteiger charge is 2.07. The van der Waals surface area contributed by atoms with Crippen molar-refractivity contribution in [1.29, 1.82) is 0 Å². The molecule has 138 valence electrons. The minimum atomic E-state index is -0.584. The Morgan fingerprint density at radius 2 is 1.65 bits per heavy atom. The van der Waals surface area contributed by atoms with Crippen molar-refractivity contribution in [1.82, 2.24) is 10.2 Å². The van der Waals surface area contributed by atoms with Gasteiger partial charge >= 0.3 is 6.09 Å². The van der Waals surface area contributed by atoms with Crippen LogP contribution in [-0.4, -0.2) is 37.5 Å². The Kier molecular flexibility index (Phi) is 7.11. The summed E-state index contributed by atoms with van der Waals surface area (Å²) in [7, 11) is 3.46. The van der Waals surface area contributed by atoms with Crippen LogP contribution in [0.15, 0.2) is 48.5 Å². The zero-order valence-electron chi connectivity index (χ0n) is 14.8. The number of nitrogens with zero attached hydrogens (tertiary/aromatic N) is 1. The van der Waals surface area contributed by atoms with Crippen molar-refractivity contribution < 1.29 is 18.7 Å². The van der Waals surface area contributed by atoms with Crippen LogP contribution in [0.5, 0.6) is 0 Å². The second-order valence-electron chi connectivity index (χ2n) is 5.87. The number of hydrogen-bond donors (Lipinski definition) is 2. The largest absolute Gasteiger partial charge is 0.444 e. The Morgan fingerprint density at radius 1 is 1.04 bits per heavy atom. The number of likely N-dealkylation sites (N-methyl/N-ethyl adjacent to an activating group) is 2. The highest BCUT2D eigenvalue weighted by molar-refractivity contribution is 5.84. The van der Waals surface area contributed by atoms with Crippen LogP contribution in [0.3, 0.4) is 0 Å². The van der Waals surface area contributed by atoms with E-state index >= 15 is 0 Å². The smallest absolute Gasteiger partial charge is 0.411 e. The molecule has 2 rings (SSSR count). The molecular formula is C19H22FN3O3. The van der Waals surface area contributed by atoms with Gasteiger partial charge in [0.05, 0.1) is 6.54 Å². The Labute approximate surface area is 152 Å². The van der Waals surface area contributed by atoms with E-state index in [0.29, 0.717) is 24.3 Å². The fraction of sp³-hybridized carbons (Fsp3) is 0.263. The first-order valence-corrected chi connectivity index (χ1v) is 8.12. The zero-order chi connectivity index (χ0) is 18.9. The van der Waals surface area contributed by atoms with Gasteiger partial charge in [-0.25, -0.2) is 9.18 Å². The van der Waals surface area contributed by atoms with Crippen LogP contribution in [0.2, 0.25) is 0 Å². The zero-order valence-corrected chi connectivity index (χ0v) is 14.8. The van der Waals surface area contributed by atoms with Gasteiger partial charge in [-0.05, 0) is 42.4 Å². The average Bonchev–Trinajstić information content (AvgIpc) is 2.62. The van der Waals surface area contributed by atoms with Crippen LogP contribution < -0.4 is 10.6 Å². The second-order valence-corrected chi connectivity index (χ2v) is 5.87. The van der Waals surface area contributed by atoms with Gasteiger partial charge < -0.3 is 10.1 Å². The molecule has 0 aromatic heterocycles. The summed E-state index contributed by atoms with van der Waals surface area (Å²) in [6.45, 7) is 0.989. The number of amides is 2. The highest BCUT2D eigenvalue weighted by atomic mass is 19.1. The molecular weight excluding hydrogens is 337 g/mol. The molecule has 0 aliphatic carbocycles. The van der Waals surface area contributed by atoms with Crippen LogP contribution >= 0.6 is 0 Å². The molecule has 2 aromatic carbocycles. The van der Waals surface area contributed by atoms with E-state index in [1.54, 1.807) is 31.3 Å². The van der Waals surface area contributed by atoms with Crippen molar-refractivity contribution in [2.24, 2.45) is 0 Å². The van der Waals surface area contributed by atoms with Crippen molar-refractivity contribution in [3.63, 3.8) is 0 Å². The van der Waals surface area contributed by atoms with Gasteiger partial charge in [0.25, 0.3) is 0 Å². The van der Waals surface area contributed by atoms with Crippen molar-refractivity contribution in [3.8, 4) is 0 Å². The summed E-state index contributed by atoms with van der Waals surface area (Å²) in [5.74, 6) is -0.381. The van der Waals surface area contributed by atoms with Gasteiger partial charge in [0.15, 0.2) is 0 Å². The second kappa shape index (κ2) is 9.53. The van der Waals surface area contributed by atoms with Crippen LogP contribution in [0.1, 0.15) is 11.1 Å². The maximum absolute atomic E-state index is 12.8. The van der Waals surface area contributed by atoms with E-state index in [2.05, 4.69) is 10.6 Å². The number of rotatable bonds is 7. The molecule has 0 heterocycles. The van der Waals surface area contributed by atoms with E-state index in [4.69, 9.17) is 4.74 Å². The summed E-state index contributed by atoms with van der Waals surface area (Å²) in [5.41, 5.74) is 2.32. The van der Waals surface area contributed by atoms with Gasteiger partial charge in [0.1, 0.15) is 12.4 Å². The number of carbonyl (C=O) groups is 2. The average molecular weight is 359 g/mol. The predicted octanol–water partition coefficient (Wildman–Crippen LogP) is 2.75. The van der Waals surface area contributed by atoms with E-state index in [1.807, 2.05) is 24.1 Å². The van der Waals surface area contributed by atoms with Crippen LogP contribution in [0, 0.1) is 5.82 Å². The fourth-order valence-corrected chi connectivity index (χ4v) is 2.27. The Hall–Kier alpha value is -2.93. The lowest BCUT2D eigenvalue weighted by Gasteiger charge is -2.15. The molecule has 0 saturated heterocycles. The Bertz CT molecular complexity index is 733. The Morgan fingerprint density at radius 3 is 2.27 bits per heavy atom. The summed E-state index contributed by atoms with van der Waals surface area (Å²) in [4.78, 5) is 25.0. The van der Waals surface area contributed by atoms with Crippen molar-refractivity contribution in [2.45, 2.75) is 13.2 Å². The summed E-state index contributed by atoms with van der Waals surface area (Å²) >= 11 is 0. The third kappa shape index (κ3) is 6.52. The lowest BCUT2D eigenvalue weighted by Crippen LogP contribution is -2.32. The number of nitrogens with one attached hydrogen (secondary N) is 2. The van der Waals surface area contributed by atoms with Crippen LogP contribution in [0.4, 0.5) is 14.9 Å². The molecule has 0 atom stereocenters. The maximum atomic E-state index is 12.8. The normalized spacial score (nSPS) is 10.5. The molecule has 2 N–H and O–H groups in total. The number of ether oxygens (including phenoxy) is 1. The van der Waals surface area contributed by atoms with E-state index in [1.165, 1.54) is 12.1 Å². The molecule has 6 nitrogen and oxygen atoms in total. The third-order valence-electron chi connectivity index (χ3n) is 3.63. The third-order valence-corrected chi connectivity index (χ3v) is 3.63. The summed E-state index contributed by atoms with van der Waals surface area (Å²) < 4.78 is 17.9. The first kappa shape index (κ1) is 19.4. The molecule has 2 amide bonds. The first-order chi connectivity index (χ1) is 12.5. The lowest BCUT2D eigenvalue weighted by molar-refractivity contribution is -0.121. The number of hydrogen-bond acceptors (Lipinski definition) is 4. The topological polar surface area (TPSA) is 70.7 Å². The molecule has 0 aliphatic heterocycles. The standard InChI is InChI=1S/C19H22FN3O3/c1-21-18(24)12-23(2)11-14-5-9-17(10-6-14)22-19(25)26-13-15-3-7-16(20)8-4-15/h3-10H,11-13H2,1-2H3,(H,21,24)(H,22,25). The number of anilines is 1. The molecule has 26 heavy (non-hydrogen) atoms. The molecule has 0 radical (unpaired) electrons. The Balaban J connectivity index is 1.79. The van der Waals surface area contributed by atoms with E-state index in [-0.39, 0.29) is 18.3 Å². The van der Waals surface area contributed by atoms with Crippen molar-refractivity contribution in [2.75, 3.05) is 26.0 Å². The van der Waals surface area contributed by atoms with Gasteiger partial charge in [0, 0.05) is 19.3 Å². The fourth-order valence-electron chi connectivity index (χ4n) is 2.27. The molecule has 0 aliphatic rings. The quantitative estimate of drug-likeness (QED) is 0.797. The molecule has 0 bridgehead atoms. The minimum Gasteiger partial charge on any atom is -0.444 e. The minimum absolute atomic E-state index is 0.0466. The lowest BCUT2D eigenvalue weighted by atomic mass is 10.2. The van der Waals surface area contributed by atoms with Gasteiger partial charge in [-0.1, -0.05) is 24.3 Å². The van der Waals surface area contributed by atoms with Crippen molar-refractivity contribution >= 4 is 17.7 Å². The van der Waals surface area contributed by atoms with Gasteiger partial charge in [-0.2, -0.15) is 0 Å². The van der Waals surface area contributed by atoms with Crippen LogP contribution in [0.25, 0.3) is 0 Å². The molecule has 0 saturated carbocycles. The molecule has 0 unspecified atom stereocenters. The summed E-state index contributed by atoms with van der Waals surface area (Å²) in [5, 5.41) is 5.21. The predicted molar refractivity (Wildman–Crippen MR) is 97.1 cm³/mol. The number of halogens is 1. The van der Waals surface area contributed by atoms with E-state index in [9.17, 15) is 14.0 Å². The molecule has 2 aromatic rings. The van der Waals surface area contributed by atoms with E-state index < -0.39 is 6.09 Å². The molecule has 0 spiro atoms.